The first kappa shape index (κ1) is 14.1. The van der Waals surface area contributed by atoms with Gasteiger partial charge >= 0.3 is 0 Å². The van der Waals surface area contributed by atoms with Gasteiger partial charge in [-0.3, -0.25) is 0 Å². The van der Waals surface area contributed by atoms with Gasteiger partial charge in [0.25, 0.3) is 0 Å². The number of nitrogens with two attached hydrogens (primary N) is 1. The van der Waals surface area contributed by atoms with Gasteiger partial charge in [0.1, 0.15) is 5.82 Å². The Morgan fingerprint density at radius 2 is 2.10 bits per heavy atom. The first-order chi connectivity index (χ1) is 10.3. The van der Waals surface area contributed by atoms with Crippen LogP contribution in [0.4, 0.5) is 11.5 Å². The molecule has 3 heteroatoms. The molecule has 1 aliphatic heterocycles. The normalized spacial score (nSPS) is 15.6. The van der Waals surface area contributed by atoms with E-state index in [1.54, 1.807) is 0 Å². The molecular weight excluding hydrogens is 258 g/mol. The lowest BCUT2D eigenvalue weighted by Crippen LogP contribution is -2.25. The summed E-state index contributed by atoms with van der Waals surface area (Å²) in [5.74, 6) is 1.04. The molecule has 0 spiro atoms. The molecular formula is C18H23N3. The molecule has 0 amide bonds. The fourth-order valence-corrected chi connectivity index (χ4v) is 2.92. The summed E-state index contributed by atoms with van der Waals surface area (Å²) in [7, 11) is 0. The largest absolute Gasteiger partial charge is 0.327 e. The van der Waals surface area contributed by atoms with Crippen LogP contribution in [0.5, 0.6) is 0 Å². The van der Waals surface area contributed by atoms with Crippen molar-refractivity contribution in [1.29, 1.82) is 0 Å². The van der Waals surface area contributed by atoms with Crippen LogP contribution < -0.4 is 10.6 Å². The second-order valence-electron chi connectivity index (χ2n) is 5.78. The van der Waals surface area contributed by atoms with Crippen LogP contribution in [0.2, 0.25) is 0 Å². The predicted octanol–water partition coefficient (Wildman–Crippen LogP) is 3.45. The summed E-state index contributed by atoms with van der Waals surface area (Å²) in [5, 5.41) is 0. The fourth-order valence-electron chi connectivity index (χ4n) is 2.92. The summed E-state index contributed by atoms with van der Waals surface area (Å²) in [6.45, 7) is 3.16. The van der Waals surface area contributed by atoms with E-state index in [-0.39, 0.29) is 6.04 Å². The van der Waals surface area contributed by atoms with Gasteiger partial charge < -0.3 is 10.6 Å². The van der Waals surface area contributed by atoms with E-state index in [1.807, 2.05) is 6.20 Å². The van der Waals surface area contributed by atoms with Gasteiger partial charge in [-0.25, -0.2) is 4.98 Å². The van der Waals surface area contributed by atoms with E-state index >= 15 is 0 Å². The van der Waals surface area contributed by atoms with Gasteiger partial charge in [-0.2, -0.15) is 0 Å². The number of fused-ring (bicyclic) bond motifs is 1. The summed E-state index contributed by atoms with van der Waals surface area (Å²) in [4.78, 5) is 6.98. The quantitative estimate of drug-likeness (QED) is 0.933. The lowest BCUT2D eigenvalue weighted by Gasteiger charge is -2.30. The number of nitrogens with zero attached hydrogens (tertiary/aromatic N) is 2. The van der Waals surface area contributed by atoms with Crippen molar-refractivity contribution in [1.82, 2.24) is 4.98 Å². The predicted molar refractivity (Wildman–Crippen MR) is 88.0 cm³/mol. The molecule has 1 aliphatic rings. The fraction of sp³-hybridized carbons (Fsp3) is 0.389. The minimum atomic E-state index is 0.230. The Morgan fingerprint density at radius 1 is 1.24 bits per heavy atom. The average molecular weight is 281 g/mol. The molecule has 0 aliphatic carbocycles. The van der Waals surface area contributed by atoms with Crippen LogP contribution in [0.25, 0.3) is 0 Å². The van der Waals surface area contributed by atoms with E-state index in [0.717, 1.165) is 31.6 Å². The summed E-state index contributed by atoms with van der Waals surface area (Å²) < 4.78 is 0. The van der Waals surface area contributed by atoms with Gasteiger partial charge in [-0.05, 0) is 48.9 Å². The van der Waals surface area contributed by atoms with Crippen molar-refractivity contribution >= 4 is 11.5 Å². The summed E-state index contributed by atoms with van der Waals surface area (Å²) in [5.41, 5.74) is 9.95. The maximum Gasteiger partial charge on any atom is 0.132 e. The van der Waals surface area contributed by atoms with Gasteiger partial charge in [-0.1, -0.05) is 31.2 Å². The van der Waals surface area contributed by atoms with Crippen LogP contribution in [-0.2, 0) is 12.8 Å². The molecule has 0 fully saturated rings. The molecule has 1 unspecified atom stereocenters. The Morgan fingerprint density at radius 3 is 2.86 bits per heavy atom. The number of para-hydroxylation sites is 1. The Balaban J connectivity index is 1.82. The molecule has 21 heavy (non-hydrogen) atoms. The van der Waals surface area contributed by atoms with Crippen LogP contribution in [0.15, 0.2) is 42.6 Å². The van der Waals surface area contributed by atoms with Crippen LogP contribution in [0, 0.1) is 0 Å². The SMILES string of the molecule is CCC(N)Cc1ccc(N2CCCc3ccccc32)nc1. The highest BCUT2D eigenvalue weighted by Crippen LogP contribution is 2.32. The number of aryl methyl sites for hydroxylation is 1. The molecule has 110 valence electrons. The van der Waals surface area contributed by atoms with Crippen LogP contribution in [0.3, 0.4) is 0 Å². The highest BCUT2D eigenvalue weighted by Gasteiger charge is 2.18. The first-order valence-corrected chi connectivity index (χ1v) is 7.84. The van der Waals surface area contributed by atoms with E-state index < -0.39 is 0 Å². The van der Waals surface area contributed by atoms with E-state index in [9.17, 15) is 0 Å². The van der Waals surface area contributed by atoms with E-state index in [2.05, 4.69) is 53.2 Å². The maximum atomic E-state index is 6.01. The Kier molecular flexibility index (Phi) is 4.20. The summed E-state index contributed by atoms with van der Waals surface area (Å²) in [6, 6.07) is 13.1. The number of pyridine rings is 1. The monoisotopic (exact) mass is 281 g/mol. The highest BCUT2D eigenvalue weighted by atomic mass is 15.2. The third-order valence-corrected chi connectivity index (χ3v) is 4.22. The topological polar surface area (TPSA) is 42.1 Å². The molecule has 3 rings (SSSR count). The molecule has 1 aromatic carbocycles. The Hall–Kier alpha value is -1.87. The summed E-state index contributed by atoms with van der Waals surface area (Å²) >= 11 is 0. The lowest BCUT2D eigenvalue weighted by molar-refractivity contribution is 0.645. The minimum absolute atomic E-state index is 0.230. The number of aromatic nitrogens is 1. The van der Waals surface area contributed by atoms with Crippen molar-refractivity contribution in [3.63, 3.8) is 0 Å². The van der Waals surface area contributed by atoms with Crippen molar-refractivity contribution in [3.05, 3.63) is 53.7 Å². The number of rotatable bonds is 4. The van der Waals surface area contributed by atoms with Gasteiger partial charge in [0.05, 0.1) is 0 Å². The van der Waals surface area contributed by atoms with E-state index in [1.165, 1.54) is 23.2 Å². The van der Waals surface area contributed by atoms with Gasteiger partial charge in [0, 0.05) is 24.5 Å². The second kappa shape index (κ2) is 6.27. The molecule has 1 aromatic heterocycles. The number of hydrogen-bond acceptors (Lipinski definition) is 3. The molecule has 0 saturated carbocycles. The molecule has 0 radical (unpaired) electrons. The minimum Gasteiger partial charge on any atom is -0.327 e. The van der Waals surface area contributed by atoms with Gasteiger partial charge in [0.15, 0.2) is 0 Å². The van der Waals surface area contributed by atoms with Crippen LogP contribution in [0.1, 0.15) is 30.9 Å². The van der Waals surface area contributed by atoms with Crippen molar-refractivity contribution < 1.29 is 0 Å². The zero-order valence-corrected chi connectivity index (χ0v) is 12.6. The highest BCUT2D eigenvalue weighted by molar-refractivity contribution is 5.65. The van der Waals surface area contributed by atoms with Crippen molar-refractivity contribution in [2.24, 2.45) is 5.73 Å². The smallest absolute Gasteiger partial charge is 0.132 e. The maximum absolute atomic E-state index is 6.01. The molecule has 0 saturated heterocycles. The Bertz CT molecular complexity index is 592. The molecule has 3 nitrogen and oxygen atoms in total. The van der Waals surface area contributed by atoms with E-state index in [4.69, 9.17) is 5.73 Å². The zero-order chi connectivity index (χ0) is 14.7. The Labute approximate surface area is 126 Å². The van der Waals surface area contributed by atoms with Crippen molar-refractivity contribution in [2.75, 3.05) is 11.4 Å². The lowest BCUT2D eigenvalue weighted by atomic mass is 10.0. The molecule has 2 N–H and O–H groups in total. The zero-order valence-electron chi connectivity index (χ0n) is 12.6. The number of hydrogen-bond donors (Lipinski definition) is 1. The van der Waals surface area contributed by atoms with Crippen molar-refractivity contribution in [2.45, 2.75) is 38.6 Å². The van der Waals surface area contributed by atoms with Crippen LogP contribution >= 0.6 is 0 Å². The summed E-state index contributed by atoms with van der Waals surface area (Å²) in [6.07, 6.45) is 6.22. The molecule has 2 aromatic rings. The molecule has 2 heterocycles. The van der Waals surface area contributed by atoms with Crippen LogP contribution in [-0.4, -0.2) is 17.6 Å². The third-order valence-electron chi connectivity index (χ3n) is 4.22. The van der Waals surface area contributed by atoms with Gasteiger partial charge in [0.2, 0.25) is 0 Å². The standard InChI is InChI=1S/C18H23N3/c1-2-16(19)12-14-9-10-18(20-13-14)21-11-5-7-15-6-3-4-8-17(15)21/h3-4,6,8-10,13,16H,2,5,7,11-12,19H2,1H3. The first-order valence-electron chi connectivity index (χ1n) is 7.84. The van der Waals surface area contributed by atoms with Gasteiger partial charge in [-0.15, -0.1) is 0 Å². The third kappa shape index (κ3) is 3.08. The number of anilines is 2. The van der Waals surface area contributed by atoms with E-state index in [0.29, 0.717) is 0 Å². The molecule has 0 bridgehead atoms. The molecule has 1 atom stereocenters. The number of benzene rings is 1. The van der Waals surface area contributed by atoms with Crippen molar-refractivity contribution in [3.8, 4) is 0 Å². The average Bonchev–Trinajstić information content (AvgIpc) is 2.55. The second-order valence-corrected chi connectivity index (χ2v) is 5.78.